The first-order chi connectivity index (χ1) is 15.0. The van der Waals surface area contributed by atoms with Crippen LogP contribution in [-0.4, -0.2) is 17.6 Å². The SMILES string of the molecule is COc1ccc(C(=O)N=c2sc(-c3ccccc3)c(-c3ccc(Cl)cc3)n2C)cc1Br. The fourth-order valence-electron chi connectivity index (χ4n) is 3.22. The predicted molar refractivity (Wildman–Crippen MR) is 130 cm³/mol. The van der Waals surface area contributed by atoms with Gasteiger partial charge in [-0.15, -0.1) is 0 Å². The van der Waals surface area contributed by atoms with Crippen molar-refractivity contribution < 1.29 is 9.53 Å². The molecule has 1 heterocycles. The van der Waals surface area contributed by atoms with Crippen molar-refractivity contribution in [2.45, 2.75) is 0 Å². The maximum atomic E-state index is 12.9. The summed E-state index contributed by atoms with van der Waals surface area (Å²) in [6.45, 7) is 0. The molecule has 0 saturated carbocycles. The number of methoxy groups -OCH3 is 1. The molecule has 0 fully saturated rings. The number of carbonyl (C=O) groups is 1. The molecule has 0 unspecified atom stereocenters. The summed E-state index contributed by atoms with van der Waals surface area (Å²) in [6.07, 6.45) is 0. The van der Waals surface area contributed by atoms with E-state index in [-0.39, 0.29) is 5.91 Å². The van der Waals surface area contributed by atoms with Crippen LogP contribution in [0.4, 0.5) is 0 Å². The molecule has 7 heteroatoms. The summed E-state index contributed by atoms with van der Waals surface area (Å²) < 4.78 is 7.90. The van der Waals surface area contributed by atoms with Crippen LogP contribution in [0.25, 0.3) is 21.7 Å². The number of rotatable bonds is 4. The molecular weight excluding hydrogens is 496 g/mol. The van der Waals surface area contributed by atoms with E-state index in [1.54, 1.807) is 25.3 Å². The molecule has 0 spiro atoms. The lowest BCUT2D eigenvalue weighted by atomic mass is 10.1. The largest absolute Gasteiger partial charge is 0.496 e. The number of carbonyl (C=O) groups excluding carboxylic acids is 1. The summed E-state index contributed by atoms with van der Waals surface area (Å²) in [5, 5.41) is 0.674. The molecule has 4 aromatic rings. The zero-order valence-corrected chi connectivity index (χ0v) is 20.0. The number of hydrogen-bond donors (Lipinski definition) is 0. The number of thiazole rings is 1. The third-order valence-corrected chi connectivity index (χ3v) is 6.83. The van der Waals surface area contributed by atoms with Crippen molar-refractivity contribution in [3.05, 3.63) is 92.7 Å². The summed E-state index contributed by atoms with van der Waals surface area (Å²) in [6, 6.07) is 22.9. The molecule has 31 heavy (non-hydrogen) atoms. The number of aromatic nitrogens is 1. The van der Waals surface area contributed by atoms with Gasteiger partial charge in [0, 0.05) is 17.6 Å². The first-order valence-electron chi connectivity index (χ1n) is 9.41. The highest BCUT2D eigenvalue weighted by molar-refractivity contribution is 9.10. The van der Waals surface area contributed by atoms with Gasteiger partial charge in [0.2, 0.25) is 0 Å². The molecule has 0 aliphatic rings. The molecule has 4 nitrogen and oxygen atoms in total. The number of nitrogens with zero attached hydrogens (tertiary/aromatic N) is 2. The molecule has 1 amide bonds. The number of halogens is 2. The molecule has 4 rings (SSSR count). The van der Waals surface area contributed by atoms with Crippen LogP contribution in [0.15, 0.2) is 82.3 Å². The Morgan fingerprint density at radius 1 is 1.03 bits per heavy atom. The van der Waals surface area contributed by atoms with Crippen LogP contribution in [-0.2, 0) is 7.05 Å². The molecule has 1 aromatic heterocycles. The van der Waals surface area contributed by atoms with Gasteiger partial charge in [-0.2, -0.15) is 4.99 Å². The highest BCUT2D eigenvalue weighted by Crippen LogP contribution is 2.34. The Morgan fingerprint density at radius 2 is 1.74 bits per heavy atom. The highest BCUT2D eigenvalue weighted by Gasteiger charge is 2.16. The van der Waals surface area contributed by atoms with E-state index in [0.29, 0.717) is 25.6 Å². The highest BCUT2D eigenvalue weighted by atomic mass is 79.9. The van der Waals surface area contributed by atoms with Crippen LogP contribution >= 0.6 is 38.9 Å². The standard InChI is InChI=1S/C24H18BrClN2O2S/c1-28-21(15-8-11-18(26)12-9-15)22(16-6-4-3-5-7-16)31-24(28)27-23(29)17-10-13-20(30-2)19(25)14-17/h3-14H,1-2H3. The lowest BCUT2D eigenvalue weighted by molar-refractivity contribution is 0.0998. The fraction of sp³-hybridized carbons (Fsp3) is 0.0833. The van der Waals surface area contributed by atoms with Crippen LogP contribution < -0.4 is 9.54 Å². The van der Waals surface area contributed by atoms with Crippen molar-refractivity contribution in [3.8, 4) is 27.4 Å². The zero-order chi connectivity index (χ0) is 22.0. The van der Waals surface area contributed by atoms with Crippen LogP contribution in [0.3, 0.4) is 0 Å². The van der Waals surface area contributed by atoms with Gasteiger partial charge in [0.1, 0.15) is 5.75 Å². The summed E-state index contributed by atoms with van der Waals surface area (Å²) in [5.74, 6) is 0.345. The molecule has 0 N–H and O–H groups in total. The molecule has 156 valence electrons. The normalized spacial score (nSPS) is 11.5. The van der Waals surface area contributed by atoms with Gasteiger partial charge in [0.25, 0.3) is 5.91 Å². The second-order valence-electron chi connectivity index (χ2n) is 6.76. The van der Waals surface area contributed by atoms with Crippen molar-refractivity contribution >= 4 is 44.8 Å². The Labute approximate surface area is 197 Å². The summed E-state index contributed by atoms with van der Waals surface area (Å²) in [5.41, 5.74) is 3.53. The number of benzene rings is 3. The Hall–Kier alpha value is -2.67. The van der Waals surface area contributed by atoms with Crippen molar-refractivity contribution in [3.63, 3.8) is 0 Å². The minimum absolute atomic E-state index is 0.317. The minimum Gasteiger partial charge on any atom is -0.496 e. The van der Waals surface area contributed by atoms with E-state index in [4.69, 9.17) is 16.3 Å². The number of ether oxygens (including phenoxy) is 1. The molecule has 0 radical (unpaired) electrons. The van der Waals surface area contributed by atoms with Gasteiger partial charge in [-0.1, -0.05) is 65.4 Å². The smallest absolute Gasteiger partial charge is 0.279 e. The summed E-state index contributed by atoms with van der Waals surface area (Å²) in [4.78, 5) is 19.0. The van der Waals surface area contributed by atoms with Crippen molar-refractivity contribution in [1.29, 1.82) is 0 Å². The van der Waals surface area contributed by atoms with Gasteiger partial charge in [0.05, 0.1) is 22.2 Å². The van der Waals surface area contributed by atoms with E-state index in [9.17, 15) is 4.79 Å². The Morgan fingerprint density at radius 3 is 2.39 bits per heavy atom. The van der Waals surface area contributed by atoms with E-state index in [1.807, 2.05) is 54.1 Å². The molecular formula is C24H18BrClN2O2S. The minimum atomic E-state index is -0.317. The molecule has 0 aliphatic heterocycles. The molecule has 0 atom stereocenters. The summed E-state index contributed by atoms with van der Waals surface area (Å²) >= 11 is 11.0. The third-order valence-electron chi connectivity index (χ3n) is 4.78. The lowest BCUT2D eigenvalue weighted by Gasteiger charge is -2.07. The first-order valence-corrected chi connectivity index (χ1v) is 11.4. The van der Waals surface area contributed by atoms with E-state index in [1.165, 1.54) is 11.3 Å². The van der Waals surface area contributed by atoms with E-state index < -0.39 is 0 Å². The second-order valence-corrected chi connectivity index (χ2v) is 9.03. The average Bonchev–Trinajstić information content (AvgIpc) is 3.11. The monoisotopic (exact) mass is 512 g/mol. The molecule has 0 aliphatic carbocycles. The lowest BCUT2D eigenvalue weighted by Crippen LogP contribution is -2.14. The van der Waals surface area contributed by atoms with Gasteiger partial charge in [-0.05, 0) is 57.4 Å². The van der Waals surface area contributed by atoms with Gasteiger partial charge >= 0.3 is 0 Å². The first kappa shape index (κ1) is 21.6. The van der Waals surface area contributed by atoms with E-state index >= 15 is 0 Å². The summed E-state index contributed by atoms with van der Waals surface area (Å²) in [7, 11) is 3.50. The average molecular weight is 514 g/mol. The Bertz CT molecular complexity index is 1310. The van der Waals surface area contributed by atoms with Crippen molar-refractivity contribution in [2.75, 3.05) is 7.11 Å². The fourth-order valence-corrected chi connectivity index (χ4v) is 5.03. The van der Waals surface area contributed by atoms with Gasteiger partial charge < -0.3 is 9.30 Å². The van der Waals surface area contributed by atoms with Gasteiger partial charge in [0.15, 0.2) is 4.80 Å². The Balaban J connectivity index is 1.86. The maximum Gasteiger partial charge on any atom is 0.279 e. The van der Waals surface area contributed by atoms with E-state index in [0.717, 1.165) is 21.7 Å². The van der Waals surface area contributed by atoms with Gasteiger partial charge in [-0.3, -0.25) is 4.79 Å². The number of hydrogen-bond acceptors (Lipinski definition) is 3. The molecule has 0 bridgehead atoms. The molecule has 0 saturated heterocycles. The number of amides is 1. The van der Waals surface area contributed by atoms with Crippen LogP contribution in [0.5, 0.6) is 5.75 Å². The second kappa shape index (κ2) is 9.22. The topological polar surface area (TPSA) is 43.6 Å². The van der Waals surface area contributed by atoms with E-state index in [2.05, 4.69) is 33.1 Å². The maximum absolute atomic E-state index is 12.9. The van der Waals surface area contributed by atoms with Crippen LogP contribution in [0.1, 0.15) is 10.4 Å². The predicted octanol–water partition coefficient (Wildman–Crippen LogP) is 6.59. The zero-order valence-electron chi connectivity index (χ0n) is 16.8. The third kappa shape index (κ3) is 4.51. The van der Waals surface area contributed by atoms with Crippen molar-refractivity contribution in [2.24, 2.45) is 12.0 Å². The van der Waals surface area contributed by atoms with Crippen LogP contribution in [0, 0.1) is 0 Å². The molecule has 3 aromatic carbocycles. The quantitative estimate of drug-likeness (QED) is 0.309. The van der Waals surface area contributed by atoms with Crippen molar-refractivity contribution in [1.82, 2.24) is 4.57 Å². The Kier molecular flexibility index (Phi) is 6.41. The van der Waals surface area contributed by atoms with Crippen LogP contribution in [0.2, 0.25) is 5.02 Å². The van der Waals surface area contributed by atoms with Gasteiger partial charge in [-0.25, -0.2) is 0 Å².